The molecule has 6 nitrogen and oxygen atoms in total. The molecule has 0 saturated heterocycles. The largest absolute Gasteiger partial charge is 0.465 e. The van der Waals surface area contributed by atoms with Crippen molar-refractivity contribution >= 4 is 29.1 Å². The Hall–Kier alpha value is -3.15. The van der Waals surface area contributed by atoms with Crippen LogP contribution in [-0.4, -0.2) is 30.9 Å². The number of esters is 2. The van der Waals surface area contributed by atoms with Crippen molar-refractivity contribution in [3.8, 4) is 0 Å². The molecular weight excluding hydrogens is 334 g/mol. The Bertz CT molecular complexity index is 755. The average molecular weight is 355 g/mol. The van der Waals surface area contributed by atoms with Crippen LogP contribution in [0.4, 0.5) is 11.4 Å². The van der Waals surface area contributed by atoms with Crippen LogP contribution < -0.4 is 5.32 Å². The summed E-state index contributed by atoms with van der Waals surface area (Å²) in [5.41, 5.74) is 1.47. The van der Waals surface area contributed by atoms with Crippen LogP contribution >= 0.6 is 0 Å². The van der Waals surface area contributed by atoms with E-state index in [-0.39, 0.29) is 18.8 Å². The van der Waals surface area contributed by atoms with Gasteiger partial charge < -0.3 is 14.8 Å². The van der Waals surface area contributed by atoms with Gasteiger partial charge >= 0.3 is 11.9 Å². The molecule has 0 aliphatic heterocycles. The van der Waals surface area contributed by atoms with Crippen LogP contribution in [-0.2, 0) is 19.1 Å². The minimum absolute atomic E-state index is 0.0614. The lowest BCUT2D eigenvalue weighted by molar-refractivity contribution is -0.158. The number of benzene rings is 2. The average Bonchev–Trinajstić information content (AvgIpc) is 2.63. The maximum atomic E-state index is 12.9. The molecule has 136 valence electrons. The quantitative estimate of drug-likeness (QED) is 0.444. The minimum Gasteiger partial charge on any atom is -0.465 e. The van der Waals surface area contributed by atoms with Crippen molar-refractivity contribution in [3.05, 3.63) is 60.2 Å². The molecule has 0 unspecified atom stereocenters. The summed E-state index contributed by atoms with van der Waals surface area (Å²) in [5.74, 6) is -4.13. The van der Waals surface area contributed by atoms with E-state index in [9.17, 15) is 14.4 Å². The van der Waals surface area contributed by atoms with Crippen LogP contribution in [0.25, 0.3) is 0 Å². The molecule has 1 N–H and O–H groups in total. The normalized spacial score (nSPS) is 10.3. The lowest BCUT2D eigenvalue weighted by Crippen LogP contribution is -2.35. The number of para-hydroxylation sites is 2. The van der Waals surface area contributed by atoms with E-state index < -0.39 is 23.6 Å². The van der Waals surface area contributed by atoms with Gasteiger partial charge in [0.15, 0.2) is 5.78 Å². The molecule has 6 heteroatoms. The van der Waals surface area contributed by atoms with Gasteiger partial charge in [-0.15, -0.1) is 0 Å². The molecule has 0 saturated carbocycles. The number of anilines is 2. The van der Waals surface area contributed by atoms with Crippen LogP contribution in [0.5, 0.6) is 0 Å². The Morgan fingerprint density at radius 3 is 1.96 bits per heavy atom. The number of nitrogens with one attached hydrogen (secondary N) is 1. The third kappa shape index (κ3) is 4.69. The summed E-state index contributed by atoms with van der Waals surface area (Å²) < 4.78 is 9.78. The lowest BCUT2D eigenvalue weighted by atomic mass is 9.96. The fourth-order valence-corrected chi connectivity index (χ4v) is 2.40. The van der Waals surface area contributed by atoms with Gasteiger partial charge in [0.05, 0.1) is 13.2 Å². The van der Waals surface area contributed by atoms with Crippen molar-refractivity contribution in [2.24, 2.45) is 5.92 Å². The molecule has 0 aliphatic carbocycles. The van der Waals surface area contributed by atoms with Gasteiger partial charge in [-0.2, -0.15) is 0 Å². The molecule has 26 heavy (non-hydrogen) atoms. The highest BCUT2D eigenvalue weighted by Crippen LogP contribution is 2.24. The number of ether oxygens (including phenoxy) is 2. The fraction of sp³-hybridized carbons (Fsp3) is 0.250. The number of carbonyl (C=O) groups is 3. The standard InChI is InChI=1S/C20H21NO5/c1-3-25-19(23)17(20(24)26-4-2)18(22)15-12-8-9-13-16(15)21-14-10-6-5-7-11-14/h5-13,17,21H,3-4H2,1-2H3. The van der Waals surface area contributed by atoms with Crippen molar-refractivity contribution in [3.63, 3.8) is 0 Å². The molecule has 0 heterocycles. The highest BCUT2D eigenvalue weighted by atomic mass is 16.6. The van der Waals surface area contributed by atoms with Crippen LogP contribution in [0.1, 0.15) is 24.2 Å². The molecule has 0 atom stereocenters. The SMILES string of the molecule is CCOC(=O)C(C(=O)OCC)C(=O)c1ccccc1Nc1ccccc1. The third-order valence-corrected chi connectivity index (χ3v) is 3.55. The van der Waals surface area contributed by atoms with Crippen molar-refractivity contribution in [2.45, 2.75) is 13.8 Å². The predicted octanol–water partition coefficient (Wildman–Crippen LogP) is 3.36. The van der Waals surface area contributed by atoms with Crippen LogP contribution in [0, 0.1) is 5.92 Å². The Morgan fingerprint density at radius 1 is 0.846 bits per heavy atom. The summed E-state index contributed by atoms with van der Waals surface area (Å²) in [4.78, 5) is 37.3. The van der Waals surface area contributed by atoms with Crippen LogP contribution in [0.2, 0.25) is 0 Å². The maximum Gasteiger partial charge on any atom is 0.328 e. The maximum absolute atomic E-state index is 12.9. The van der Waals surface area contributed by atoms with Gasteiger partial charge in [0.1, 0.15) is 0 Å². The second-order valence-electron chi connectivity index (χ2n) is 5.34. The second kappa shape index (κ2) is 9.36. The zero-order valence-electron chi connectivity index (χ0n) is 14.7. The van der Waals surface area contributed by atoms with Gasteiger partial charge in [0.25, 0.3) is 0 Å². The summed E-state index contributed by atoms with van der Waals surface area (Å²) in [5, 5.41) is 3.13. The summed E-state index contributed by atoms with van der Waals surface area (Å²) >= 11 is 0. The molecule has 0 radical (unpaired) electrons. The Labute approximate surface area is 152 Å². The van der Waals surface area contributed by atoms with E-state index in [1.165, 1.54) is 0 Å². The van der Waals surface area contributed by atoms with Crippen LogP contribution in [0.3, 0.4) is 0 Å². The van der Waals surface area contributed by atoms with Crippen molar-refractivity contribution in [1.29, 1.82) is 0 Å². The molecule has 0 fully saturated rings. The first-order valence-corrected chi connectivity index (χ1v) is 8.37. The number of hydrogen-bond acceptors (Lipinski definition) is 6. The molecule has 2 rings (SSSR count). The summed E-state index contributed by atoms with van der Waals surface area (Å²) in [6, 6.07) is 15.9. The lowest BCUT2D eigenvalue weighted by Gasteiger charge is -2.16. The second-order valence-corrected chi connectivity index (χ2v) is 5.34. The zero-order valence-corrected chi connectivity index (χ0v) is 14.7. The smallest absolute Gasteiger partial charge is 0.328 e. The van der Waals surface area contributed by atoms with E-state index in [2.05, 4.69) is 5.32 Å². The predicted molar refractivity (Wildman–Crippen MR) is 97.3 cm³/mol. The van der Waals surface area contributed by atoms with Gasteiger partial charge in [-0.1, -0.05) is 30.3 Å². The Balaban J connectivity index is 2.36. The van der Waals surface area contributed by atoms with Gasteiger partial charge in [0.2, 0.25) is 5.92 Å². The van der Waals surface area contributed by atoms with Crippen LogP contribution in [0.15, 0.2) is 54.6 Å². The third-order valence-electron chi connectivity index (χ3n) is 3.55. The Morgan fingerprint density at radius 2 is 1.38 bits per heavy atom. The highest BCUT2D eigenvalue weighted by molar-refractivity contribution is 6.22. The number of Topliss-reactive ketones (excluding diaryl/α,β-unsaturated/α-hetero) is 1. The molecule has 0 spiro atoms. The number of ketones is 1. The van der Waals surface area contributed by atoms with Gasteiger partial charge in [-0.05, 0) is 38.1 Å². The molecule has 0 aromatic heterocycles. The zero-order chi connectivity index (χ0) is 18.9. The Kier molecular flexibility index (Phi) is 6.91. The molecular formula is C20H21NO5. The number of rotatable bonds is 8. The van der Waals surface area contributed by atoms with E-state index in [0.717, 1.165) is 5.69 Å². The molecule has 0 aliphatic rings. The van der Waals surface area contributed by atoms with E-state index in [4.69, 9.17) is 9.47 Å². The van der Waals surface area contributed by atoms with Gasteiger partial charge in [-0.25, -0.2) is 0 Å². The number of carbonyl (C=O) groups excluding carboxylic acids is 3. The van der Waals surface area contributed by atoms with Gasteiger partial charge in [-0.3, -0.25) is 14.4 Å². The van der Waals surface area contributed by atoms with Crippen molar-refractivity contribution < 1.29 is 23.9 Å². The molecule has 0 bridgehead atoms. The first kappa shape index (κ1) is 19.2. The monoisotopic (exact) mass is 355 g/mol. The van der Waals surface area contributed by atoms with Crippen molar-refractivity contribution in [1.82, 2.24) is 0 Å². The molecule has 0 amide bonds. The van der Waals surface area contributed by atoms with E-state index in [1.54, 1.807) is 38.1 Å². The molecule has 2 aromatic carbocycles. The van der Waals surface area contributed by atoms with Crippen molar-refractivity contribution in [2.75, 3.05) is 18.5 Å². The van der Waals surface area contributed by atoms with Gasteiger partial charge in [0, 0.05) is 16.9 Å². The summed E-state index contributed by atoms with van der Waals surface area (Å²) in [6.07, 6.45) is 0. The summed E-state index contributed by atoms with van der Waals surface area (Å²) in [7, 11) is 0. The van der Waals surface area contributed by atoms with E-state index in [1.807, 2.05) is 30.3 Å². The van der Waals surface area contributed by atoms with E-state index >= 15 is 0 Å². The summed E-state index contributed by atoms with van der Waals surface area (Å²) in [6.45, 7) is 3.34. The molecule has 2 aromatic rings. The number of hydrogen-bond donors (Lipinski definition) is 1. The topological polar surface area (TPSA) is 81.7 Å². The van der Waals surface area contributed by atoms with E-state index in [0.29, 0.717) is 5.69 Å². The first-order valence-electron chi connectivity index (χ1n) is 8.37. The fourth-order valence-electron chi connectivity index (χ4n) is 2.40. The highest BCUT2D eigenvalue weighted by Gasteiger charge is 2.38. The minimum atomic E-state index is -1.64. The first-order chi connectivity index (χ1) is 12.6.